The van der Waals surface area contributed by atoms with Gasteiger partial charge in [-0.2, -0.15) is 0 Å². The van der Waals surface area contributed by atoms with Gasteiger partial charge >= 0.3 is 5.97 Å². The highest BCUT2D eigenvalue weighted by Crippen LogP contribution is 2.39. The van der Waals surface area contributed by atoms with Gasteiger partial charge in [-0.15, -0.1) is 0 Å². The molecule has 30 heavy (non-hydrogen) atoms. The van der Waals surface area contributed by atoms with Crippen LogP contribution in [0.1, 0.15) is 46.4 Å². The molecular formula is C22H20FN3O4. The fourth-order valence-corrected chi connectivity index (χ4v) is 4.70. The van der Waals surface area contributed by atoms with Crippen molar-refractivity contribution in [2.75, 3.05) is 0 Å². The molecule has 0 radical (unpaired) electrons. The quantitative estimate of drug-likeness (QED) is 0.490. The number of nitrogens with two attached hydrogens (primary N) is 1. The highest BCUT2D eigenvalue weighted by Gasteiger charge is 2.34. The number of hydrogen-bond donors (Lipinski definition) is 2. The van der Waals surface area contributed by atoms with E-state index in [0.717, 1.165) is 22.1 Å². The third-order valence-electron chi connectivity index (χ3n) is 6.24. The van der Waals surface area contributed by atoms with E-state index in [4.69, 9.17) is 15.5 Å². The molecule has 4 heterocycles. The van der Waals surface area contributed by atoms with Gasteiger partial charge in [0.15, 0.2) is 6.10 Å². The summed E-state index contributed by atoms with van der Waals surface area (Å²) in [6, 6.07) is 3.01. The number of rotatable bonds is 2. The summed E-state index contributed by atoms with van der Waals surface area (Å²) < 4.78 is 21.0. The average molecular weight is 409 g/mol. The van der Waals surface area contributed by atoms with Gasteiger partial charge < -0.3 is 20.1 Å². The first-order valence-corrected chi connectivity index (χ1v) is 9.82. The van der Waals surface area contributed by atoms with Crippen LogP contribution >= 0.6 is 0 Å². The maximum atomic E-state index is 14.6. The van der Waals surface area contributed by atoms with Crippen LogP contribution in [0.4, 0.5) is 4.39 Å². The molecule has 2 aliphatic rings. The Bertz CT molecular complexity index is 1330. The zero-order valence-electron chi connectivity index (χ0n) is 16.6. The van der Waals surface area contributed by atoms with Gasteiger partial charge in [-0.05, 0) is 36.1 Å². The number of cyclic esters (lactones) is 1. The van der Waals surface area contributed by atoms with E-state index < -0.39 is 12.1 Å². The van der Waals surface area contributed by atoms with Crippen molar-refractivity contribution < 1.29 is 19.0 Å². The van der Waals surface area contributed by atoms with Crippen molar-refractivity contribution in [2.24, 2.45) is 5.73 Å². The van der Waals surface area contributed by atoms with E-state index in [1.54, 1.807) is 17.6 Å². The van der Waals surface area contributed by atoms with E-state index in [1.807, 2.05) is 6.92 Å². The summed E-state index contributed by atoms with van der Waals surface area (Å²) in [6.07, 6.45) is -0.891. The number of pyridine rings is 2. The topological polar surface area (TPSA) is 107 Å². The smallest absolute Gasteiger partial charge is 0.340 e. The van der Waals surface area contributed by atoms with Crippen molar-refractivity contribution in [3.8, 4) is 11.4 Å². The fraction of sp³-hybridized carbons (Fsp3) is 0.318. The first-order valence-electron chi connectivity index (χ1n) is 9.82. The monoisotopic (exact) mass is 409 g/mol. The van der Waals surface area contributed by atoms with Crippen LogP contribution in [0, 0.1) is 12.7 Å². The van der Waals surface area contributed by atoms with E-state index in [0.29, 0.717) is 28.9 Å². The average Bonchev–Trinajstić information content (AvgIpc) is 3.09. The molecule has 1 aromatic carbocycles. The number of hydrogen-bond acceptors (Lipinski definition) is 6. The zero-order chi connectivity index (χ0) is 21.3. The molecule has 0 amide bonds. The van der Waals surface area contributed by atoms with E-state index in [2.05, 4.69) is 0 Å². The van der Waals surface area contributed by atoms with Crippen LogP contribution in [0.15, 0.2) is 16.9 Å². The van der Waals surface area contributed by atoms with Gasteiger partial charge in [-0.3, -0.25) is 4.79 Å². The van der Waals surface area contributed by atoms with Crippen LogP contribution in [0.25, 0.3) is 22.3 Å². The lowest BCUT2D eigenvalue weighted by Gasteiger charge is -2.21. The number of aromatic nitrogens is 2. The number of aryl methyl sites for hydroxylation is 1. The Hall–Kier alpha value is -3.10. The van der Waals surface area contributed by atoms with Crippen molar-refractivity contribution in [3.05, 3.63) is 61.7 Å². The highest BCUT2D eigenvalue weighted by molar-refractivity contribution is 5.92. The number of benzene rings is 1. The lowest BCUT2D eigenvalue weighted by Crippen LogP contribution is -2.32. The summed E-state index contributed by atoms with van der Waals surface area (Å²) in [6.45, 7) is 4.01. The summed E-state index contributed by atoms with van der Waals surface area (Å²) in [5, 5.41) is 11.1. The number of fused-ring (bicyclic) bond motifs is 5. The molecule has 2 aliphatic heterocycles. The van der Waals surface area contributed by atoms with E-state index in [-0.39, 0.29) is 42.2 Å². The van der Waals surface area contributed by atoms with Gasteiger partial charge in [-0.25, -0.2) is 14.2 Å². The number of halogens is 1. The maximum Gasteiger partial charge on any atom is 0.340 e. The molecule has 1 atom stereocenters. The second-order valence-electron chi connectivity index (χ2n) is 7.70. The summed E-state index contributed by atoms with van der Waals surface area (Å²) in [7, 11) is 0. The number of aliphatic hydroxyl groups is 1. The third-order valence-corrected chi connectivity index (χ3v) is 6.24. The first kappa shape index (κ1) is 18.9. The maximum absolute atomic E-state index is 14.6. The minimum Gasteiger partial charge on any atom is -0.458 e. The van der Waals surface area contributed by atoms with Crippen molar-refractivity contribution in [1.82, 2.24) is 9.55 Å². The Morgan fingerprint density at radius 3 is 2.77 bits per heavy atom. The summed E-state index contributed by atoms with van der Waals surface area (Å²) in [4.78, 5) is 29.6. The predicted molar refractivity (Wildman–Crippen MR) is 107 cm³/mol. The van der Waals surface area contributed by atoms with Gasteiger partial charge in [0.2, 0.25) is 0 Å². The molecule has 3 aromatic rings. The molecule has 0 fully saturated rings. The number of ether oxygens (including phenoxy) is 1. The third kappa shape index (κ3) is 2.34. The molecule has 2 aromatic heterocycles. The van der Waals surface area contributed by atoms with Crippen LogP contribution < -0.4 is 11.3 Å². The Morgan fingerprint density at radius 1 is 1.30 bits per heavy atom. The van der Waals surface area contributed by atoms with Crippen LogP contribution in [0.2, 0.25) is 0 Å². The largest absolute Gasteiger partial charge is 0.458 e. The number of nitrogens with zero attached hydrogens (tertiary/aromatic N) is 2. The highest BCUT2D eigenvalue weighted by atomic mass is 19.1. The molecule has 5 rings (SSSR count). The van der Waals surface area contributed by atoms with Gasteiger partial charge in [0, 0.05) is 29.1 Å². The van der Waals surface area contributed by atoms with Crippen molar-refractivity contribution in [1.29, 1.82) is 0 Å². The molecule has 7 nitrogen and oxygen atoms in total. The zero-order valence-corrected chi connectivity index (χ0v) is 16.6. The predicted octanol–water partition coefficient (Wildman–Crippen LogP) is 1.98. The first-order chi connectivity index (χ1) is 14.4. The summed E-state index contributed by atoms with van der Waals surface area (Å²) in [5.74, 6) is -1.13. The second kappa shape index (κ2) is 6.45. The van der Waals surface area contributed by atoms with Crippen LogP contribution in [-0.2, 0) is 35.6 Å². The lowest BCUT2D eigenvalue weighted by molar-refractivity contribution is -0.157. The molecular weight excluding hydrogens is 389 g/mol. The second-order valence-corrected chi connectivity index (χ2v) is 7.70. The summed E-state index contributed by atoms with van der Waals surface area (Å²) >= 11 is 0. The van der Waals surface area contributed by atoms with Crippen molar-refractivity contribution in [3.63, 3.8) is 0 Å². The molecule has 0 bridgehead atoms. The van der Waals surface area contributed by atoms with Gasteiger partial charge in [0.05, 0.1) is 29.0 Å². The number of carbonyl (C=O) groups excluding carboxylic acids is 1. The van der Waals surface area contributed by atoms with Crippen molar-refractivity contribution >= 4 is 16.9 Å². The SMILES string of the molecule is CCc1c(C)c(F)cc2nc3c(c(CN)c12)Cn1c-3cc2c(c1=O)COC(=O)C2O. The molecule has 154 valence electrons. The molecule has 8 heteroatoms. The molecule has 0 spiro atoms. The van der Waals surface area contributed by atoms with Gasteiger partial charge in [0.1, 0.15) is 12.4 Å². The van der Waals surface area contributed by atoms with Gasteiger partial charge in [0.25, 0.3) is 5.56 Å². The molecule has 0 saturated heterocycles. The van der Waals surface area contributed by atoms with Crippen LogP contribution in [0.3, 0.4) is 0 Å². The fourth-order valence-electron chi connectivity index (χ4n) is 4.70. The standard InChI is InChI=1S/C22H20FN3O4/c1-3-10-9(2)15(23)5-16-18(10)12(6-24)13-7-26-17(19(13)25-16)4-11-14(21(26)28)8-30-22(29)20(11)27/h4-5,20,27H,3,6-8,24H2,1-2H3. The number of aliphatic hydroxyl groups excluding tert-OH is 1. The minimum atomic E-state index is -1.52. The number of esters is 1. The van der Waals surface area contributed by atoms with E-state index in [1.165, 1.54) is 6.07 Å². The van der Waals surface area contributed by atoms with Crippen LogP contribution in [-0.4, -0.2) is 20.6 Å². The molecule has 3 N–H and O–H groups in total. The van der Waals surface area contributed by atoms with E-state index in [9.17, 15) is 19.1 Å². The Morgan fingerprint density at radius 2 is 2.07 bits per heavy atom. The molecule has 0 aliphatic carbocycles. The molecule has 1 unspecified atom stereocenters. The minimum absolute atomic E-state index is 0.176. The lowest BCUT2D eigenvalue weighted by atomic mass is 9.92. The summed E-state index contributed by atoms with van der Waals surface area (Å²) in [5.41, 5.74) is 10.8. The molecule has 0 saturated carbocycles. The Labute approximate surface area is 170 Å². The normalized spacial score (nSPS) is 17.0. The van der Waals surface area contributed by atoms with E-state index >= 15 is 0 Å². The van der Waals surface area contributed by atoms with Crippen LogP contribution in [0.5, 0.6) is 0 Å². The Kier molecular flexibility index (Phi) is 4.06. The number of carbonyl (C=O) groups is 1. The van der Waals surface area contributed by atoms with Gasteiger partial charge in [-0.1, -0.05) is 6.92 Å². The Balaban J connectivity index is 1.86. The van der Waals surface area contributed by atoms with Crippen molar-refractivity contribution in [2.45, 2.75) is 46.1 Å².